The minimum Gasteiger partial charge on any atom is -0.338 e. The van der Waals surface area contributed by atoms with Gasteiger partial charge in [-0.2, -0.15) is 22.0 Å². The molecule has 0 spiro atoms. The van der Waals surface area contributed by atoms with Crippen molar-refractivity contribution in [2.75, 3.05) is 13.6 Å². The quantitative estimate of drug-likeness (QED) is 0.787. The summed E-state index contributed by atoms with van der Waals surface area (Å²) in [5.74, 6) is 1.14. The first-order valence-electron chi connectivity index (χ1n) is 8.50. The van der Waals surface area contributed by atoms with Crippen molar-refractivity contribution in [3.63, 3.8) is 0 Å². The van der Waals surface area contributed by atoms with Crippen molar-refractivity contribution >= 4 is 10.2 Å². The normalized spacial score (nSPS) is 19.2. The Morgan fingerprint density at radius 1 is 1.32 bits per heavy atom. The van der Waals surface area contributed by atoms with Crippen LogP contribution in [0.25, 0.3) is 0 Å². The Morgan fingerprint density at radius 2 is 2.04 bits per heavy atom. The zero-order chi connectivity index (χ0) is 18.0. The summed E-state index contributed by atoms with van der Waals surface area (Å²) in [6.45, 7) is 4.75. The van der Waals surface area contributed by atoms with E-state index in [0.29, 0.717) is 31.2 Å². The van der Waals surface area contributed by atoms with Gasteiger partial charge < -0.3 is 4.52 Å². The van der Waals surface area contributed by atoms with E-state index < -0.39 is 10.2 Å². The average Bonchev–Trinajstić information content (AvgIpc) is 3.25. The third-order valence-electron chi connectivity index (χ3n) is 4.40. The molecule has 1 aliphatic rings. The van der Waals surface area contributed by atoms with E-state index in [1.165, 1.54) is 8.61 Å². The first-order chi connectivity index (χ1) is 11.9. The molecule has 2 heterocycles. The number of benzene rings is 1. The Morgan fingerprint density at radius 3 is 2.68 bits per heavy atom. The van der Waals surface area contributed by atoms with Gasteiger partial charge >= 0.3 is 0 Å². The molecule has 0 radical (unpaired) electrons. The molecule has 0 unspecified atom stereocenters. The summed E-state index contributed by atoms with van der Waals surface area (Å²) >= 11 is 0. The highest BCUT2D eigenvalue weighted by atomic mass is 32.2. The van der Waals surface area contributed by atoms with E-state index in [2.05, 4.69) is 10.1 Å². The van der Waals surface area contributed by atoms with Crippen LogP contribution in [0, 0.1) is 0 Å². The SMILES string of the molecule is CC(C)c1noc([C@H]2CCCN2S(=O)(=O)N(C)Cc2ccccc2)n1. The molecule has 8 heteroatoms. The molecule has 0 aliphatic carbocycles. The molecule has 7 nitrogen and oxygen atoms in total. The monoisotopic (exact) mass is 364 g/mol. The van der Waals surface area contributed by atoms with Gasteiger partial charge in [0.1, 0.15) is 6.04 Å². The Kier molecular flexibility index (Phi) is 5.21. The molecule has 1 atom stereocenters. The third kappa shape index (κ3) is 3.75. The topological polar surface area (TPSA) is 79.5 Å². The van der Waals surface area contributed by atoms with Crippen LogP contribution in [-0.4, -0.2) is 40.8 Å². The van der Waals surface area contributed by atoms with Crippen molar-refractivity contribution in [3.8, 4) is 0 Å². The fraction of sp³-hybridized carbons (Fsp3) is 0.529. The van der Waals surface area contributed by atoms with Crippen molar-refractivity contribution < 1.29 is 12.9 Å². The van der Waals surface area contributed by atoms with Gasteiger partial charge in [0.05, 0.1) is 0 Å². The Bertz CT molecular complexity index is 804. The molecular weight excluding hydrogens is 340 g/mol. The highest BCUT2D eigenvalue weighted by molar-refractivity contribution is 7.86. The zero-order valence-corrected chi connectivity index (χ0v) is 15.6. The predicted octanol–water partition coefficient (Wildman–Crippen LogP) is 2.71. The van der Waals surface area contributed by atoms with Gasteiger partial charge in [0.15, 0.2) is 5.82 Å². The van der Waals surface area contributed by atoms with Crippen LogP contribution < -0.4 is 0 Å². The molecule has 2 aromatic rings. The first-order valence-corrected chi connectivity index (χ1v) is 9.90. The minimum atomic E-state index is -3.61. The van der Waals surface area contributed by atoms with Crippen LogP contribution in [0.15, 0.2) is 34.9 Å². The van der Waals surface area contributed by atoms with Gasteiger partial charge in [-0.25, -0.2) is 0 Å². The van der Waals surface area contributed by atoms with Crippen LogP contribution in [0.2, 0.25) is 0 Å². The molecule has 0 saturated carbocycles. The summed E-state index contributed by atoms with van der Waals surface area (Å²) < 4.78 is 34.2. The van der Waals surface area contributed by atoms with Gasteiger partial charge in [-0.3, -0.25) is 0 Å². The largest absolute Gasteiger partial charge is 0.338 e. The highest BCUT2D eigenvalue weighted by Crippen LogP contribution is 2.34. The Balaban J connectivity index is 1.80. The molecule has 1 saturated heterocycles. The molecule has 1 aromatic carbocycles. The predicted molar refractivity (Wildman–Crippen MR) is 93.9 cm³/mol. The second-order valence-corrected chi connectivity index (χ2v) is 8.65. The van der Waals surface area contributed by atoms with Gasteiger partial charge in [-0.15, -0.1) is 0 Å². The van der Waals surface area contributed by atoms with E-state index in [-0.39, 0.29) is 12.0 Å². The molecular formula is C17H24N4O3S. The van der Waals surface area contributed by atoms with E-state index in [1.54, 1.807) is 7.05 Å². The van der Waals surface area contributed by atoms with E-state index in [4.69, 9.17) is 4.52 Å². The lowest BCUT2D eigenvalue weighted by Crippen LogP contribution is -2.41. The standard InChI is InChI=1S/C17H24N4O3S/c1-13(2)16-18-17(24-19-16)15-10-7-11-21(15)25(22,23)20(3)12-14-8-5-4-6-9-14/h4-6,8-9,13,15H,7,10-12H2,1-3H3/t15-/m1/s1. The second-order valence-electron chi connectivity index (χ2n) is 6.66. The number of nitrogens with zero attached hydrogens (tertiary/aromatic N) is 4. The molecule has 0 amide bonds. The summed E-state index contributed by atoms with van der Waals surface area (Å²) in [5, 5.41) is 3.97. The maximum Gasteiger partial charge on any atom is 0.282 e. The smallest absolute Gasteiger partial charge is 0.282 e. The zero-order valence-electron chi connectivity index (χ0n) is 14.8. The fourth-order valence-corrected chi connectivity index (χ4v) is 4.53. The third-order valence-corrected chi connectivity index (χ3v) is 6.35. The average molecular weight is 364 g/mol. The maximum absolute atomic E-state index is 13.0. The van der Waals surface area contributed by atoms with Gasteiger partial charge in [-0.05, 0) is 18.4 Å². The van der Waals surface area contributed by atoms with E-state index in [0.717, 1.165) is 12.0 Å². The van der Waals surface area contributed by atoms with Gasteiger partial charge in [-0.1, -0.05) is 49.3 Å². The number of hydrogen-bond donors (Lipinski definition) is 0. The lowest BCUT2D eigenvalue weighted by atomic mass is 10.2. The van der Waals surface area contributed by atoms with Crippen LogP contribution in [0.5, 0.6) is 0 Å². The van der Waals surface area contributed by atoms with Crippen LogP contribution in [0.1, 0.15) is 55.9 Å². The number of rotatable bonds is 6. The Labute approximate surface area is 148 Å². The van der Waals surface area contributed by atoms with Crippen LogP contribution >= 0.6 is 0 Å². The lowest BCUT2D eigenvalue weighted by molar-refractivity contribution is 0.275. The summed E-state index contributed by atoms with van der Waals surface area (Å²) in [6.07, 6.45) is 1.47. The molecule has 1 aromatic heterocycles. The van der Waals surface area contributed by atoms with Gasteiger partial charge in [0.2, 0.25) is 5.89 Å². The molecule has 25 heavy (non-hydrogen) atoms. The minimum absolute atomic E-state index is 0.143. The number of hydrogen-bond acceptors (Lipinski definition) is 5. The van der Waals surface area contributed by atoms with Gasteiger partial charge in [0, 0.05) is 26.1 Å². The van der Waals surface area contributed by atoms with Crippen LogP contribution in [-0.2, 0) is 16.8 Å². The molecule has 3 rings (SSSR count). The van der Waals surface area contributed by atoms with E-state index in [9.17, 15) is 8.42 Å². The van der Waals surface area contributed by atoms with Crippen molar-refractivity contribution in [1.29, 1.82) is 0 Å². The summed E-state index contributed by atoms with van der Waals surface area (Å²) in [7, 11) is -2.00. The van der Waals surface area contributed by atoms with Crippen LogP contribution in [0.4, 0.5) is 0 Å². The molecule has 1 fully saturated rings. The summed E-state index contributed by atoms with van der Waals surface area (Å²) in [6, 6.07) is 9.17. The maximum atomic E-state index is 13.0. The second kappa shape index (κ2) is 7.23. The van der Waals surface area contributed by atoms with Crippen molar-refractivity contribution in [2.45, 2.75) is 45.2 Å². The summed E-state index contributed by atoms with van der Waals surface area (Å²) in [4.78, 5) is 4.40. The highest BCUT2D eigenvalue weighted by Gasteiger charge is 2.40. The number of aromatic nitrogens is 2. The molecule has 0 bridgehead atoms. The summed E-state index contributed by atoms with van der Waals surface area (Å²) in [5.41, 5.74) is 0.948. The lowest BCUT2D eigenvalue weighted by Gasteiger charge is -2.27. The van der Waals surface area contributed by atoms with Crippen molar-refractivity contribution in [2.24, 2.45) is 0 Å². The van der Waals surface area contributed by atoms with Crippen LogP contribution in [0.3, 0.4) is 0 Å². The first kappa shape index (κ1) is 18.0. The van der Waals surface area contributed by atoms with E-state index in [1.807, 2.05) is 44.2 Å². The molecule has 136 valence electrons. The molecule has 0 N–H and O–H groups in total. The van der Waals surface area contributed by atoms with Crippen molar-refractivity contribution in [3.05, 3.63) is 47.6 Å². The fourth-order valence-electron chi connectivity index (χ4n) is 2.98. The van der Waals surface area contributed by atoms with E-state index >= 15 is 0 Å². The van der Waals surface area contributed by atoms with Crippen molar-refractivity contribution in [1.82, 2.24) is 18.8 Å². The molecule has 1 aliphatic heterocycles. The van der Waals surface area contributed by atoms with Gasteiger partial charge in [0.25, 0.3) is 10.2 Å². The Hall–Kier alpha value is -1.77.